The van der Waals surface area contributed by atoms with E-state index in [0.717, 1.165) is 6.07 Å². The van der Waals surface area contributed by atoms with E-state index in [0.29, 0.717) is 0 Å². The fourth-order valence-corrected chi connectivity index (χ4v) is 1.89. The smallest absolute Gasteiger partial charge is 0.279 e. The Morgan fingerprint density at radius 3 is 2.38 bits per heavy atom. The average Bonchev–Trinajstić information content (AvgIpc) is 2.54. The van der Waals surface area contributed by atoms with Gasteiger partial charge in [0.1, 0.15) is 17.4 Å². The summed E-state index contributed by atoms with van der Waals surface area (Å²) in [5.74, 6) is -2.47. The van der Waals surface area contributed by atoms with Gasteiger partial charge in [-0.2, -0.15) is 0 Å². The van der Waals surface area contributed by atoms with E-state index >= 15 is 0 Å². The minimum atomic E-state index is -0.967. The van der Waals surface area contributed by atoms with Gasteiger partial charge in [-0.05, 0) is 49.4 Å². The largest absolute Gasteiger partial charge is 0.481 e. The maximum Gasteiger partial charge on any atom is 0.279 e. The van der Waals surface area contributed by atoms with Gasteiger partial charge in [-0.3, -0.25) is 20.4 Å². The molecule has 2 rings (SSSR count). The zero-order valence-electron chi connectivity index (χ0n) is 12.5. The van der Waals surface area contributed by atoms with Gasteiger partial charge in [-0.1, -0.05) is 11.6 Å². The highest BCUT2D eigenvalue weighted by atomic mass is 35.5. The Labute approximate surface area is 141 Å². The molecule has 0 fully saturated rings. The van der Waals surface area contributed by atoms with Crippen molar-refractivity contribution in [2.45, 2.75) is 13.0 Å². The van der Waals surface area contributed by atoms with E-state index in [4.69, 9.17) is 16.3 Å². The quantitative estimate of drug-likeness (QED) is 0.830. The van der Waals surface area contributed by atoms with Crippen LogP contribution in [0.4, 0.5) is 8.78 Å². The van der Waals surface area contributed by atoms with E-state index in [-0.39, 0.29) is 16.3 Å². The summed E-state index contributed by atoms with van der Waals surface area (Å²) in [5, 5.41) is 0.148. The average molecular weight is 355 g/mol. The lowest BCUT2D eigenvalue weighted by Crippen LogP contribution is -2.47. The van der Waals surface area contributed by atoms with Crippen molar-refractivity contribution in [2.24, 2.45) is 0 Å². The first-order chi connectivity index (χ1) is 11.4. The molecule has 2 aromatic carbocycles. The molecule has 0 saturated carbocycles. The Balaban J connectivity index is 1.89. The summed E-state index contributed by atoms with van der Waals surface area (Å²) >= 11 is 5.60. The Hall–Kier alpha value is -2.67. The number of halogens is 3. The number of hydrogen-bond acceptors (Lipinski definition) is 3. The molecule has 0 bridgehead atoms. The predicted molar refractivity (Wildman–Crippen MR) is 83.5 cm³/mol. The van der Waals surface area contributed by atoms with E-state index in [2.05, 4.69) is 10.9 Å². The van der Waals surface area contributed by atoms with Gasteiger partial charge in [0.15, 0.2) is 6.10 Å². The Morgan fingerprint density at radius 2 is 1.75 bits per heavy atom. The molecule has 8 heteroatoms. The minimum absolute atomic E-state index is 0.148. The molecule has 0 radical (unpaired) electrons. The molecule has 24 heavy (non-hydrogen) atoms. The number of ether oxygens (including phenoxy) is 1. The zero-order valence-corrected chi connectivity index (χ0v) is 13.2. The molecule has 2 aromatic rings. The molecule has 0 heterocycles. The number of amides is 2. The Kier molecular flexibility index (Phi) is 5.70. The highest BCUT2D eigenvalue weighted by Crippen LogP contribution is 2.15. The molecule has 0 unspecified atom stereocenters. The summed E-state index contributed by atoms with van der Waals surface area (Å²) in [7, 11) is 0. The summed E-state index contributed by atoms with van der Waals surface area (Å²) in [6, 6.07) is 8.62. The van der Waals surface area contributed by atoms with Crippen molar-refractivity contribution in [3.63, 3.8) is 0 Å². The molecule has 0 aliphatic heterocycles. The van der Waals surface area contributed by atoms with Gasteiger partial charge in [-0.25, -0.2) is 8.78 Å². The number of carbonyl (C=O) groups is 2. The predicted octanol–water partition coefficient (Wildman–Crippen LogP) is 2.85. The van der Waals surface area contributed by atoms with Crippen molar-refractivity contribution in [1.29, 1.82) is 0 Å². The number of hydrazine groups is 1. The second kappa shape index (κ2) is 7.74. The van der Waals surface area contributed by atoms with E-state index in [9.17, 15) is 18.4 Å². The molecule has 0 spiro atoms. The van der Waals surface area contributed by atoms with E-state index in [1.807, 2.05) is 0 Å². The van der Waals surface area contributed by atoms with Gasteiger partial charge >= 0.3 is 0 Å². The normalized spacial score (nSPS) is 11.5. The minimum Gasteiger partial charge on any atom is -0.481 e. The van der Waals surface area contributed by atoms with Gasteiger partial charge < -0.3 is 4.74 Å². The van der Waals surface area contributed by atoms with Crippen LogP contribution in [-0.2, 0) is 4.79 Å². The van der Waals surface area contributed by atoms with Gasteiger partial charge in [0.25, 0.3) is 11.8 Å². The lowest BCUT2D eigenvalue weighted by Gasteiger charge is -2.15. The molecule has 0 aliphatic rings. The van der Waals surface area contributed by atoms with Gasteiger partial charge in [0, 0.05) is 5.02 Å². The third-order valence-corrected chi connectivity index (χ3v) is 3.21. The maximum absolute atomic E-state index is 13.6. The van der Waals surface area contributed by atoms with Crippen LogP contribution in [0.3, 0.4) is 0 Å². The number of carbonyl (C=O) groups excluding carboxylic acids is 2. The summed E-state index contributed by atoms with van der Waals surface area (Å²) in [6.07, 6.45) is -0.967. The van der Waals surface area contributed by atoms with Crippen LogP contribution >= 0.6 is 11.6 Å². The van der Waals surface area contributed by atoms with Crippen molar-refractivity contribution >= 4 is 23.4 Å². The van der Waals surface area contributed by atoms with Crippen molar-refractivity contribution in [3.05, 3.63) is 64.7 Å². The topological polar surface area (TPSA) is 67.4 Å². The zero-order chi connectivity index (χ0) is 17.7. The van der Waals surface area contributed by atoms with E-state index in [1.54, 1.807) is 0 Å². The monoisotopic (exact) mass is 354 g/mol. The fourth-order valence-electron chi connectivity index (χ4n) is 1.73. The van der Waals surface area contributed by atoms with Crippen molar-refractivity contribution in [3.8, 4) is 5.75 Å². The summed E-state index contributed by atoms with van der Waals surface area (Å²) < 4.78 is 31.7. The van der Waals surface area contributed by atoms with E-state index in [1.165, 1.54) is 43.3 Å². The molecule has 0 aromatic heterocycles. The van der Waals surface area contributed by atoms with Crippen molar-refractivity contribution in [1.82, 2.24) is 10.9 Å². The van der Waals surface area contributed by atoms with Crippen LogP contribution in [0.25, 0.3) is 0 Å². The van der Waals surface area contributed by atoms with Crippen LogP contribution in [-0.4, -0.2) is 17.9 Å². The summed E-state index contributed by atoms with van der Waals surface area (Å²) in [5.41, 5.74) is 3.92. The molecular formula is C16H13ClF2N2O3. The second-order valence-corrected chi connectivity index (χ2v) is 5.22. The molecule has 2 N–H and O–H groups in total. The summed E-state index contributed by atoms with van der Waals surface area (Å²) in [4.78, 5) is 23.7. The molecule has 5 nitrogen and oxygen atoms in total. The van der Waals surface area contributed by atoms with E-state index < -0.39 is 29.6 Å². The molecule has 0 saturated heterocycles. The van der Waals surface area contributed by atoms with Crippen molar-refractivity contribution < 1.29 is 23.1 Å². The number of nitrogens with one attached hydrogen (secondary N) is 2. The fraction of sp³-hybridized carbons (Fsp3) is 0.125. The molecule has 126 valence electrons. The molecular weight excluding hydrogens is 342 g/mol. The first-order valence-electron chi connectivity index (χ1n) is 6.84. The van der Waals surface area contributed by atoms with Crippen LogP contribution < -0.4 is 15.6 Å². The van der Waals surface area contributed by atoms with Gasteiger partial charge in [0.05, 0.1) is 5.56 Å². The lowest BCUT2D eigenvalue weighted by atomic mass is 10.2. The second-order valence-electron chi connectivity index (χ2n) is 4.78. The van der Waals surface area contributed by atoms with Crippen molar-refractivity contribution in [2.75, 3.05) is 0 Å². The van der Waals surface area contributed by atoms with Crippen LogP contribution in [0.1, 0.15) is 17.3 Å². The summed E-state index contributed by atoms with van der Waals surface area (Å²) in [6.45, 7) is 1.44. The first kappa shape index (κ1) is 17.7. The number of hydrogen-bond donors (Lipinski definition) is 2. The molecule has 0 aliphatic carbocycles. The molecule has 2 amide bonds. The van der Waals surface area contributed by atoms with Crippen LogP contribution in [0.5, 0.6) is 5.75 Å². The molecule has 1 atom stereocenters. The first-order valence-corrected chi connectivity index (χ1v) is 7.22. The van der Waals surface area contributed by atoms with Gasteiger partial charge in [0.2, 0.25) is 0 Å². The highest BCUT2D eigenvalue weighted by molar-refractivity contribution is 6.30. The third kappa shape index (κ3) is 4.66. The third-order valence-electron chi connectivity index (χ3n) is 2.97. The maximum atomic E-state index is 13.6. The lowest BCUT2D eigenvalue weighted by molar-refractivity contribution is -0.128. The Bertz CT molecular complexity index is 753. The number of benzene rings is 2. The van der Waals surface area contributed by atoms with Crippen LogP contribution in [0, 0.1) is 11.6 Å². The van der Waals surface area contributed by atoms with Crippen LogP contribution in [0.15, 0.2) is 42.5 Å². The highest BCUT2D eigenvalue weighted by Gasteiger charge is 2.17. The van der Waals surface area contributed by atoms with Gasteiger partial charge in [-0.15, -0.1) is 0 Å². The Morgan fingerprint density at radius 1 is 1.08 bits per heavy atom. The number of rotatable bonds is 4. The standard InChI is InChI=1S/C16H13ClF2N2O3/c1-9(24-12-5-3-11(18)4-6-12)15(22)20-21-16(23)13-7-2-10(17)8-14(13)19/h2-9H,1H3,(H,20,22)(H,21,23)/t9-/m0/s1. The van der Waals surface area contributed by atoms with Crippen LogP contribution in [0.2, 0.25) is 5.02 Å². The SMILES string of the molecule is C[C@H](Oc1ccc(F)cc1)C(=O)NNC(=O)c1ccc(Cl)cc1F.